The minimum Gasteiger partial charge on any atom is -0.326 e. The zero-order chi connectivity index (χ0) is 23.3. The summed E-state index contributed by atoms with van der Waals surface area (Å²) in [6.07, 6.45) is 0.646. The first-order valence-electron chi connectivity index (χ1n) is 9.70. The molecular formula is C21H20Cl2FN5O2S. The van der Waals surface area contributed by atoms with Gasteiger partial charge in [-0.2, -0.15) is 0 Å². The number of aromatic nitrogens is 2. The van der Waals surface area contributed by atoms with Gasteiger partial charge in [0.25, 0.3) is 0 Å². The molecule has 0 radical (unpaired) electrons. The Balaban J connectivity index is 1.69. The van der Waals surface area contributed by atoms with Gasteiger partial charge in [0.1, 0.15) is 16.9 Å². The van der Waals surface area contributed by atoms with E-state index in [0.29, 0.717) is 27.7 Å². The Morgan fingerprint density at radius 3 is 2.50 bits per heavy atom. The number of carbonyl (C=O) groups excluding carboxylic acids is 2. The number of nitrogens with zero attached hydrogens (tertiary/aromatic N) is 2. The molecule has 0 aliphatic heterocycles. The highest BCUT2D eigenvalue weighted by atomic mass is 35.5. The maximum absolute atomic E-state index is 13.1. The van der Waals surface area contributed by atoms with E-state index in [4.69, 9.17) is 23.2 Å². The molecule has 11 heteroatoms. The first-order chi connectivity index (χ1) is 15.3. The van der Waals surface area contributed by atoms with Crippen molar-refractivity contribution in [2.24, 2.45) is 5.92 Å². The summed E-state index contributed by atoms with van der Waals surface area (Å²) >= 11 is 13.2. The topological polar surface area (TPSA) is 96.0 Å². The van der Waals surface area contributed by atoms with Gasteiger partial charge in [0.2, 0.25) is 11.0 Å². The molecule has 1 heterocycles. The second-order valence-corrected chi connectivity index (χ2v) is 8.73. The number of halogens is 3. The van der Waals surface area contributed by atoms with Gasteiger partial charge in [-0.1, -0.05) is 60.9 Å². The number of hydrogen-bond donors (Lipinski definition) is 3. The van der Waals surface area contributed by atoms with Crippen molar-refractivity contribution in [1.29, 1.82) is 0 Å². The van der Waals surface area contributed by atoms with Gasteiger partial charge in [0, 0.05) is 5.56 Å². The molecule has 3 aromatic rings. The molecule has 0 fully saturated rings. The molecule has 0 aliphatic carbocycles. The third kappa shape index (κ3) is 5.93. The van der Waals surface area contributed by atoms with Crippen molar-refractivity contribution in [3.8, 4) is 10.6 Å². The molecule has 0 bridgehead atoms. The number of rotatable bonds is 7. The van der Waals surface area contributed by atoms with Crippen molar-refractivity contribution in [3.05, 3.63) is 58.3 Å². The van der Waals surface area contributed by atoms with Crippen molar-refractivity contribution < 1.29 is 14.0 Å². The molecule has 2 atom stereocenters. The van der Waals surface area contributed by atoms with Crippen LogP contribution in [0.2, 0.25) is 10.0 Å². The van der Waals surface area contributed by atoms with E-state index in [0.717, 1.165) is 11.3 Å². The summed E-state index contributed by atoms with van der Waals surface area (Å²) in [5.74, 6) is -0.958. The second-order valence-electron chi connectivity index (χ2n) is 6.97. The monoisotopic (exact) mass is 495 g/mol. The molecule has 1 aromatic heterocycles. The summed E-state index contributed by atoms with van der Waals surface area (Å²) < 4.78 is 13.1. The third-order valence-corrected chi connectivity index (χ3v) is 6.43. The first-order valence-corrected chi connectivity index (χ1v) is 11.3. The molecule has 32 heavy (non-hydrogen) atoms. The zero-order valence-electron chi connectivity index (χ0n) is 17.2. The van der Waals surface area contributed by atoms with Gasteiger partial charge in [-0.25, -0.2) is 9.18 Å². The Labute approximate surface area is 198 Å². The van der Waals surface area contributed by atoms with E-state index in [1.165, 1.54) is 12.1 Å². The largest absolute Gasteiger partial charge is 0.326 e. The van der Waals surface area contributed by atoms with E-state index in [-0.39, 0.29) is 21.9 Å². The summed E-state index contributed by atoms with van der Waals surface area (Å²) in [6, 6.07) is 9.22. The zero-order valence-corrected chi connectivity index (χ0v) is 19.5. The van der Waals surface area contributed by atoms with Gasteiger partial charge in [0.15, 0.2) is 0 Å². The van der Waals surface area contributed by atoms with Crippen LogP contribution in [-0.4, -0.2) is 28.2 Å². The predicted octanol–water partition coefficient (Wildman–Crippen LogP) is 5.83. The van der Waals surface area contributed by atoms with E-state index in [9.17, 15) is 14.0 Å². The van der Waals surface area contributed by atoms with Crippen molar-refractivity contribution >= 4 is 57.3 Å². The summed E-state index contributed by atoms with van der Waals surface area (Å²) in [5, 5.41) is 17.3. The number of hydrogen-bond acceptors (Lipinski definition) is 5. The molecule has 0 aliphatic rings. The Kier molecular flexibility index (Phi) is 8.00. The van der Waals surface area contributed by atoms with Crippen LogP contribution >= 0.6 is 34.5 Å². The molecule has 168 valence electrons. The lowest BCUT2D eigenvalue weighted by molar-refractivity contribution is -0.119. The Morgan fingerprint density at radius 1 is 1.09 bits per heavy atom. The van der Waals surface area contributed by atoms with Gasteiger partial charge in [-0.3, -0.25) is 10.1 Å². The smallest absolute Gasteiger partial charge is 0.319 e. The molecule has 3 rings (SSSR count). The maximum Gasteiger partial charge on any atom is 0.319 e. The van der Waals surface area contributed by atoms with E-state index in [2.05, 4.69) is 26.1 Å². The third-order valence-electron chi connectivity index (χ3n) is 4.73. The number of amides is 3. The number of urea groups is 1. The summed E-state index contributed by atoms with van der Waals surface area (Å²) in [5.41, 5.74) is 1.01. The van der Waals surface area contributed by atoms with Gasteiger partial charge in [-0.15, -0.1) is 10.2 Å². The number of nitrogens with one attached hydrogen (secondary N) is 3. The number of carbonyl (C=O) groups is 2. The van der Waals surface area contributed by atoms with Crippen LogP contribution in [-0.2, 0) is 4.79 Å². The van der Waals surface area contributed by atoms with Gasteiger partial charge < -0.3 is 10.6 Å². The average molecular weight is 496 g/mol. The highest BCUT2D eigenvalue weighted by molar-refractivity contribution is 7.18. The summed E-state index contributed by atoms with van der Waals surface area (Å²) in [6.45, 7) is 3.76. The molecule has 0 saturated heterocycles. The van der Waals surface area contributed by atoms with Crippen molar-refractivity contribution in [3.63, 3.8) is 0 Å². The van der Waals surface area contributed by atoms with Crippen LogP contribution in [0.15, 0.2) is 42.5 Å². The van der Waals surface area contributed by atoms with Crippen molar-refractivity contribution in [2.45, 2.75) is 26.3 Å². The fourth-order valence-electron chi connectivity index (χ4n) is 2.77. The van der Waals surface area contributed by atoms with Crippen LogP contribution in [0.25, 0.3) is 10.6 Å². The van der Waals surface area contributed by atoms with E-state index < -0.39 is 18.0 Å². The van der Waals surface area contributed by atoms with Crippen LogP contribution < -0.4 is 16.0 Å². The van der Waals surface area contributed by atoms with Crippen LogP contribution in [0, 0.1) is 11.7 Å². The molecule has 2 aromatic carbocycles. The number of benzene rings is 2. The lowest BCUT2D eigenvalue weighted by atomic mass is 9.98. The second kappa shape index (κ2) is 10.7. The van der Waals surface area contributed by atoms with E-state index in [1.54, 1.807) is 30.3 Å². The molecular weight excluding hydrogens is 476 g/mol. The Morgan fingerprint density at radius 2 is 1.81 bits per heavy atom. The van der Waals surface area contributed by atoms with E-state index in [1.807, 2.05) is 13.8 Å². The molecule has 0 spiro atoms. The fraction of sp³-hybridized carbons (Fsp3) is 0.238. The highest BCUT2D eigenvalue weighted by Crippen LogP contribution is 2.30. The van der Waals surface area contributed by atoms with Crippen LogP contribution in [0.1, 0.15) is 20.3 Å². The van der Waals surface area contributed by atoms with Gasteiger partial charge >= 0.3 is 6.03 Å². The average Bonchev–Trinajstić information content (AvgIpc) is 3.23. The maximum atomic E-state index is 13.1. The minimum atomic E-state index is -0.837. The van der Waals surface area contributed by atoms with Gasteiger partial charge in [0.05, 0.1) is 15.7 Å². The van der Waals surface area contributed by atoms with Crippen molar-refractivity contribution in [1.82, 2.24) is 15.5 Å². The summed E-state index contributed by atoms with van der Waals surface area (Å²) in [7, 11) is 0. The van der Waals surface area contributed by atoms with E-state index >= 15 is 0 Å². The normalized spacial score (nSPS) is 12.7. The molecule has 3 amide bonds. The quantitative estimate of drug-likeness (QED) is 0.384. The molecule has 3 N–H and O–H groups in total. The SMILES string of the molecule is CCC(C)C(NC(=O)Nc1cccc(Cl)c1Cl)C(=O)Nc1nnc(-c2ccc(F)cc2)s1. The summed E-state index contributed by atoms with van der Waals surface area (Å²) in [4.78, 5) is 25.4. The Bertz CT molecular complexity index is 1110. The number of anilines is 2. The van der Waals surface area contributed by atoms with Crippen molar-refractivity contribution in [2.75, 3.05) is 10.6 Å². The van der Waals surface area contributed by atoms with Gasteiger partial charge in [-0.05, 0) is 42.3 Å². The standard InChI is InChI=1S/C21H20Cl2FN5O2S/c1-3-11(2)17(26-20(31)25-15-6-4-5-14(22)16(15)23)18(30)27-21-29-28-19(32-21)12-7-9-13(24)10-8-12/h4-11,17H,3H2,1-2H3,(H2,25,26,31)(H,27,29,30). The predicted molar refractivity (Wildman–Crippen MR) is 126 cm³/mol. The lowest BCUT2D eigenvalue weighted by Gasteiger charge is -2.23. The van der Waals surface area contributed by atoms with Crippen LogP contribution in [0.5, 0.6) is 0 Å². The minimum absolute atomic E-state index is 0.167. The van der Waals surface area contributed by atoms with Crippen LogP contribution in [0.3, 0.4) is 0 Å². The molecule has 7 nitrogen and oxygen atoms in total. The highest BCUT2D eigenvalue weighted by Gasteiger charge is 2.27. The first kappa shape index (κ1) is 23.9. The fourth-order valence-corrected chi connectivity index (χ4v) is 3.87. The molecule has 2 unspecified atom stereocenters. The lowest BCUT2D eigenvalue weighted by Crippen LogP contribution is -2.49. The van der Waals surface area contributed by atoms with Crippen LogP contribution in [0.4, 0.5) is 20.0 Å². The molecule has 0 saturated carbocycles. The Hall–Kier alpha value is -2.75.